The van der Waals surface area contributed by atoms with Gasteiger partial charge in [-0.3, -0.25) is 4.79 Å². The van der Waals surface area contributed by atoms with Gasteiger partial charge in [-0.25, -0.2) is 0 Å². The van der Waals surface area contributed by atoms with Crippen molar-refractivity contribution in [2.24, 2.45) is 0 Å². The molecule has 0 aliphatic carbocycles. The molecule has 0 unspecified atom stereocenters. The van der Waals surface area contributed by atoms with Crippen LogP contribution in [0.1, 0.15) is 22.8 Å². The lowest BCUT2D eigenvalue weighted by Crippen LogP contribution is -2.11. The van der Waals surface area contributed by atoms with Gasteiger partial charge >= 0.3 is 0 Å². The van der Waals surface area contributed by atoms with Gasteiger partial charge in [0.1, 0.15) is 6.07 Å². The summed E-state index contributed by atoms with van der Waals surface area (Å²) in [7, 11) is 0. The van der Waals surface area contributed by atoms with Gasteiger partial charge in [0.2, 0.25) is 0 Å². The van der Waals surface area contributed by atoms with E-state index in [4.69, 9.17) is 0 Å². The minimum absolute atomic E-state index is 0.157. The molecule has 3 aromatic rings. The smallest absolute Gasteiger partial charge is 0.255 e. The number of aromatic nitrogens is 1. The van der Waals surface area contributed by atoms with Crippen LogP contribution < -0.4 is 5.32 Å². The second-order valence-corrected chi connectivity index (χ2v) is 4.99. The first-order valence-electron chi connectivity index (χ1n) is 7.12. The molecule has 0 atom stereocenters. The largest absolute Gasteiger partial charge is 0.346 e. The van der Waals surface area contributed by atoms with Crippen molar-refractivity contribution in [1.82, 2.24) is 4.57 Å². The van der Waals surface area contributed by atoms with Gasteiger partial charge in [-0.1, -0.05) is 24.3 Å². The first kappa shape index (κ1) is 13.9. The van der Waals surface area contributed by atoms with Crippen LogP contribution in [0.15, 0.2) is 54.7 Å². The van der Waals surface area contributed by atoms with Crippen LogP contribution in [0.4, 0.5) is 5.69 Å². The Balaban J connectivity index is 1.98. The van der Waals surface area contributed by atoms with Crippen molar-refractivity contribution in [1.29, 1.82) is 5.26 Å². The summed E-state index contributed by atoms with van der Waals surface area (Å²) in [6.45, 7) is 2.76. The molecule has 0 spiro atoms. The SMILES string of the molecule is CCn1cc(C#N)c2ccc(C(=O)Nc3ccccc3)cc21. The molecule has 0 aliphatic rings. The van der Waals surface area contributed by atoms with Crippen molar-refractivity contribution in [2.45, 2.75) is 13.5 Å². The van der Waals surface area contributed by atoms with Gasteiger partial charge in [0.15, 0.2) is 0 Å². The first-order chi connectivity index (χ1) is 10.7. The molecule has 2 aromatic carbocycles. The number of anilines is 1. The molecule has 1 heterocycles. The quantitative estimate of drug-likeness (QED) is 0.797. The van der Waals surface area contributed by atoms with Gasteiger partial charge in [0.25, 0.3) is 5.91 Å². The average molecular weight is 289 g/mol. The highest BCUT2D eigenvalue weighted by Crippen LogP contribution is 2.23. The molecule has 0 aliphatic heterocycles. The maximum atomic E-state index is 12.3. The van der Waals surface area contributed by atoms with Crippen LogP contribution >= 0.6 is 0 Å². The van der Waals surface area contributed by atoms with Crippen LogP contribution in [0.25, 0.3) is 10.9 Å². The number of carbonyl (C=O) groups is 1. The standard InChI is InChI=1S/C18H15N3O/c1-2-21-12-14(11-19)16-9-8-13(10-17(16)21)18(22)20-15-6-4-3-5-7-15/h3-10,12H,2H2,1H3,(H,20,22). The van der Waals surface area contributed by atoms with Gasteiger partial charge < -0.3 is 9.88 Å². The van der Waals surface area contributed by atoms with E-state index in [1.165, 1.54) is 0 Å². The molecule has 0 saturated carbocycles. The van der Waals surface area contributed by atoms with Crippen molar-refractivity contribution in [3.8, 4) is 6.07 Å². The van der Waals surface area contributed by atoms with E-state index >= 15 is 0 Å². The second kappa shape index (κ2) is 5.74. The molecule has 4 nitrogen and oxygen atoms in total. The zero-order chi connectivity index (χ0) is 15.5. The van der Waals surface area contributed by atoms with E-state index in [1.807, 2.05) is 60.2 Å². The number of nitrogens with zero attached hydrogens (tertiary/aromatic N) is 2. The van der Waals surface area contributed by atoms with Gasteiger partial charge in [-0.2, -0.15) is 5.26 Å². The normalized spacial score (nSPS) is 10.4. The summed E-state index contributed by atoms with van der Waals surface area (Å²) in [6.07, 6.45) is 1.82. The van der Waals surface area contributed by atoms with Crippen molar-refractivity contribution in [3.63, 3.8) is 0 Å². The summed E-state index contributed by atoms with van der Waals surface area (Å²) in [4.78, 5) is 12.3. The lowest BCUT2D eigenvalue weighted by Gasteiger charge is -2.06. The van der Waals surface area contributed by atoms with Crippen LogP contribution in [-0.4, -0.2) is 10.5 Å². The lowest BCUT2D eigenvalue weighted by atomic mass is 10.1. The predicted octanol–water partition coefficient (Wildman–Crippen LogP) is 3.79. The third-order valence-corrected chi connectivity index (χ3v) is 3.64. The Morgan fingerprint density at radius 3 is 2.68 bits per heavy atom. The summed E-state index contributed by atoms with van der Waals surface area (Å²) in [5.41, 5.74) is 2.87. The summed E-state index contributed by atoms with van der Waals surface area (Å²) < 4.78 is 1.98. The van der Waals surface area contributed by atoms with Crippen LogP contribution in [0.2, 0.25) is 0 Å². The number of benzene rings is 2. The average Bonchev–Trinajstić information content (AvgIpc) is 2.93. The van der Waals surface area contributed by atoms with Crippen LogP contribution in [0.3, 0.4) is 0 Å². The third-order valence-electron chi connectivity index (χ3n) is 3.64. The molecule has 0 fully saturated rings. The van der Waals surface area contributed by atoms with Crippen molar-refractivity contribution in [3.05, 3.63) is 65.9 Å². The number of para-hydroxylation sites is 1. The molecule has 3 rings (SSSR count). The molecule has 1 amide bonds. The predicted molar refractivity (Wildman–Crippen MR) is 86.7 cm³/mol. The van der Waals surface area contributed by atoms with Gasteiger partial charge in [0.05, 0.1) is 11.1 Å². The lowest BCUT2D eigenvalue weighted by molar-refractivity contribution is 0.102. The minimum atomic E-state index is -0.157. The molecular formula is C18H15N3O. The number of fused-ring (bicyclic) bond motifs is 1. The monoisotopic (exact) mass is 289 g/mol. The topological polar surface area (TPSA) is 57.8 Å². The van der Waals surface area contributed by atoms with Gasteiger partial charge in [-0.05, 0) is 31.2 Å². The van der Waals surface area contributed by atoms with E-state index in [2.05, 4.69) is 11.4 Å². The van der Waals surface area contributed by atoms with E-state index in [0.29, 0.717) is 11.1 Å². The summed E-state index contributed by atoms with van der Waals surface area (Å²) in [5, 5.41) is 12.9. The Hall–Kier alpha value is -3.06. The first-order valence-corrected chi connectivity index (χ1v) is 7.12. The fraction of sp³-hybridized carbons (Fsp3) is 0.111. The fourth-order valence-electron chi connectivity index (χ4n) is 2.51. The Bertz CT molecular complexity index is 872. The number of amides is 1. The molecule has 0 bridgehead atoms. The second-order valence-electron chi connectivity index (χ2n) is 4.99. The number of carbonyl (C=O) groups excluding carboxylic acids is 1. The molecule has 4 heteroatoms. The maximum Gasteiger partial charge on any atom is 0.255 e. The Morgan fingerprint density at radius 2 is 2.00 bits per heavy atom. The van der Waals surface area contributed by atoms with E-state index in [9.17, 15) is 10.1 Å². The summed E-state index contributed by atoms with van der Waals surface area (Å²) >= 11 is 0. The van der Waals surface area contributed by atoms with Crippen molar-refractivity contribution >= 4 is 22.5 Å². The Labute approximate surface area is 128 Å². The molecular weight excluding hydrogens is 274 g/mol. The number of nitriles is 1. The minimum Gasteiger partial charge on any atom is -0.346 e. The number of nitrogens with one attached hydrogen (secondary N) is 1. The molecule has 108 valence electrons. The molecule has 0 saturated heterocycles. The van der Waals surface area contributed by atoms with E-state index in [0.717, 1.165) is 23.1 Å². The molecule has 1 aromatic heterocycles. The molecule has 22 heavy (non-hydrogen) atoms. The maximum absolute atomic E-state index is 12.3. The van der Waals surface area contributed by atoms with Crippen molar-refractivity contribution in [2.75, 3.05) is 5.32 Å². The summed E-state index contributed by atoms with van der Waals surface area (Å²) in [6, 6.07) is 17.0. The van der Waals surface area contributed by atoms with Gasteiger partial charge in [-0.15, -0.1) is 0 Å². The fourth-order valence-corrected chi connectivity index (χ4v) is 2.51. The van der Waals surface area contributed by atoms with Crippen LogP contribution in [-0.2, 0) is 6.54 Å². The summed E-state index contributed by atoms with van der Waals surface area (Å²) in [5.74, 6) is -0.157. The number of rotatable bonds is 3. The third kappa shape index (κ3) is 2.45. The number of aryl methyl sites for hydroxylation is 1. The van der Waals surface area contributed by atoms with E-state index < -0.39 is 0 Å². The Kier molecular flexibility index (Phi) is 3.63. The number of hydrogen-bond donors (Lipinski definition) is 1. The zero-order valence-corrected chi connectivity index (χ0v) is 12.2. The van der Waals surface area contributed by atoms with E-state index in [-0.39, 0.29) is 5.91 Å². The van der Waals surface area contributed by atoms with Gasteiger partial charge in [0, 0.05) is 29.4 Å². The highest BCUT2D eigenvalue weighted by atomic mass is 16.1. The zero-order valence-electron chi connectivity index (χ0n) is 12.2. The Morgan fingerprint density at radius 1 is 1.23 bits per heavy atom. The highest BCUT2D eigenvalue weighted by molar-refractivity contribution is 6.06. The molecule has 0 radical (unpaired) electrons. The van der Waals surface area contributed by atoms with E-state index in [1.54, 1.807) is 6.07 Å². The molecule has 1 N–H and O–H groups in total. The number of hydrogen-bond acceptors (Lipinski definition) is 2. The van der Waals surface area contributed by atoms with Crippen molar-refractivity contribution < 1.29 is 4.79 Å². The highest BCUT2D eigenvalue weighted by Gasteiger charge is 2.12. The van der Waals surface area contributed by atoms with Crippen LogP contribution in [0, 0.1) is 11.3 Å². The van der Waals surface area contributed by atoms with Crippen LogP contribution in [0.5, 0.6) is 0 Å².